The number of carbonyl (C=O) groups is 1. The Hall–Kier alpha value is -2.08. The maximum Gasteiger partial charge on any atom is 0.234 e. The number of benzene rings is 2. The van der Waals surface area contributed by atoms with E-state index in [1.807, 2.05) is 18.2 Å². The van der Waals surface area contributed by atoms with Crippen LogP contribution in [0.25, 0.3) is 0 Å². The number of rotatable bonds is 10. The Kier molecular flexibility index (Phi) is 10.4. The summed E-state index contributed by atoms with van der Waals surface area (Å²) < 4.78 is 4.93. The lowest BCUT2D eigenvalue weighted by Crippen LogP contribution is -2.34. The molecular formula is C20H28ClN3O2. The van der Waals surface area contributed by atoms with Gasteiger partial charge in [-0.25, -0.2) is 0 Å². The number of anilines is 2. The summed E-state index contributed by atoms with van der Waals surface area (Å²) in [4.78, 5) is 14.0. The zero-order valence-corrected chi connectivity index (χ0v) is 16.2. The first-order valence-electron chi connectivity index (χ1n) is 8.62. The number of methoxy groups -OCH3 is 1. The van der Waals surface area contributed by atoms with Gasteiger partial charge in [0, 0.05) is 38.1 Å². The van der Waals surface area contributed by atoms with E-state index < -0.39 is 0 Å². The number of nitrogens with zero attached hydrogens (tertiary/aromatic N) is 1. The van der Waals surface area contributed by atoms with Gasteiger partial charge in [0.2, 0.25) is 5.91 Å². The Morgan fingerprint density at radius 3 is 2.31 bits per heavy atom. The van der Waals surface area contributed by atoms with Gasteiger partial charge in [0.25, 0.3) is 0 Å². The van der Waals surface area contributed by atoms with Crippen molar-refractivity contribution in [2.45, 2.75) is 13.5 Å². The second-order valence-corrected chi connectivity index (χ2v) is 5.69. The van der Waals surface area contributed by atoms with E-state index in [1.165, 1.54) is 5.69 Å². The third-order valence-corrected chi connectivity index (χ3v) is 3.89. The Balaban J connectivity index is 0.00000338. The van der Waals surface area contributed by atoms with Gasteiger partial charge in [-0.1, -0.05) is 30.3 Å². The Morgan fingerprint density at radius 2 is 1.69 bits per heavy atom. The quantitative estimate of drug-likeness (QED) is 0.625. The van der Waals surface area contributed by atoms with E-state index in [1.54, 1.807) is 7.11 Å². The highest BCUT2D eigenvalue weighted by Gasteiger charge is 2.07. The Labute approximate surface area is 162 Å². The minimum atomic E-state index is -0.0142. The molecular weight excluding hydrogens is 350 g/mol. The average Bonchev–Trinajstić information content (AvgIpc) is 2.66. The molecule has 0 radical (unpaired) electrons. The summed E-state index contributed by atoms with van der Waals surface area (Å²) in [6, 6.07) is 18.6. The highest BCUT2D eigenvalue weighted by atomic mass is 35.5. The molecule has 0 unspecified atom stereocenters. The van der Waals surface area contributed by atoms with Crippen LogP contribution in [-0.4, -0.2) is 39.3 Å². The number of nitrogens with one attached hydrogen (secondary N) is 2. The van der Waals surface area contributed by atoms with Crippen molar-refractivity contribution >= 4 is 29.7 Å². The molecule has 2 aromatic carbocycles. The van der Waals surface area contributed by atoms with Crippen LogP contribution in [0.2, 0.25) is 0 Å². The van der Waals surface area contributed by atoms with Crippen LogP contribution in [0.1, 0.15) is 12.5 Å². The highest BCUT2D eigenvalue weighted by molar-refractivity contribution is 5.85. The molecule has 0 aliphatic rings. The van der Waals surface area contributed by atoms with Crippen molar-refractivity contribution in [2.75, 3.05) is 38.3 Å². The molecule has 0 bridgehead atoms. The molecule has 0 aliphatic carbocycles. The van der Waals surface area contributed by atoms with Crippen molar-refractivity contribution in [1.82, 2.24) is 10.6 Å². The minimum Gasteiger partial charge on any atom is -0.383 e. The van der Waals surface area contributed by atoms with Crippen molar-refractivity contribution in [3.8, 4) is 0 Å². The third kappa shape index (κ3) is 7.04. The molecule has 0 saturated carbocycles. The van der Waals surface area contributed by atoms with Crippen LogP contribution in [0.5, 0.6) is 0 Å². The summed E-state index contributed by atoms with van der Waals surface area (Å²) >= 11 is 0. The fourth-order valence-corrected chi connectivity index (χ4v) is 2.56. The van der Waals surface area contributed by atoms with Crippen LogP contribution in [0.3, 0.4) is 0 Å². The van der Waals surface area contributed by atoms with E-state index in [-0.39, 0.29) is 18.3 Å². The van der Waals surface area contributed by atoms with Gasteiger partial charge in [0.1, 0.15) is 0 Å². The maximum absolute atomic E-state index is 11.8. The summed E-state index contributed by atoms with van der Waals surface area (Å²) in [6.45, 7) is 5.14. The lowest BCUT2D eigenvalue weighted by molar-refractivity contribution is -0.120. The number of hydrogen-bond donors (Lipinski definition) is 2. The van der Waals surface area contributed by atoms with Gasteiger partial charge in [0.15, 0.2) is 0 Å². The van der Waals surface area contributed by atoms with Crippen LogP contribution in [0.15, 0.2) is 54.6 Å². The molecule has 0 aliphatic heterocycles. The number of hydrogen-bond acceptors (Lipinski definition) is 4. The molecule has 26 heavy (non-hydrogen) atoms. The van der Waals surface area contributed by atoms with Gasteiger partial charge in [-0.2, -0.15) is 0 Å². The fourth-order valence-electron chi connectivity index (χ4n) is 2.56. The monoisotopic (exact) mass is 377 g/mol. The lowest BCUT2D eigenvalue weighted by atomic mass is 10.1. The smallest absolute Gasteiger partial charge is 0.234 e. The van der Waals surface area contributed by atoms with Gasteiger partial charge in [0.05, 0.1) is 13.2 Å². The molecule has 6 heteroatoms. The number of carbonyl (C=O) groups excluding carboxylic acids is 1. The summed E-state index contributed by atoms with van der Waals surface area (Å²) in [7, 11) is 1.64. The molecule has 0 spiro atoms. The zero-order valence-electron chi connectivity index (χ0n) is 15.4. The second kappa shape index (κ2) is 12.3. The van der Waals surface area contributed by atoms with Gasteiger partial charge in [-0.15, -0.1) is 12.4 Å². The molecule has 0 fully saturated rings. The molecule has 1 amide bonds. The lowest BCUT2D eigenvalue weighted by Gasteiger charge is -2.23. The standard InChI is InChI=1S/C20H27N3O2.ClH/c1-3-23(18-7-5-4-6-8-18)19-11-9-17(10-12-19)15-22-20(24)16-21-13-14-25-2;/h4-12,21H,3,13-16H2,1-2H3,(H,22,24);1H. The Bertz CT molecular complexity index is 635. The van der Waals surface area contributed by atoms with E-state index >= 15 is 0 Å². The molecule has 2 N–H and O–H groups in total. The predicted octanol–water partition coefficient (Wildman–Crippen LogP) is 3.12. The molecule has 0 heterocycles. The summed E-state index contributed by atoms with van der Waals surface area (Å²) in [5.41, 5.74) is 3.40. The van der Waals surface area contributed by atoms with Crippen LogP contribution < -0.4 is 15.5 Å². The van der Waals surface area contributed by atoms with Crippen molar-refractivity contribution < 1.29 is 9.53 Å². The number of halogens is 1. The molecule has 2 aromatic rings. The van der Waals surface area contributed by atoms with Crippen LogP contribution in [-0.2, 0) is 16.1 Å². The molecule has 0 atom stereocenters. The highest BCUT2D eigenvalue weighted by Crippen LogP contribution is 2.24. The largest absolute Gasteiger partial charge is 0.383 e. The van der Waals surface area contributed by atoms with E-state index in [0.29, 0.717) is 26.2 Å². The van der Waals surface area contributed by atoms with Crippen LogP contribution in [0, 0.1) is 0 Å². The van der Waals surface area contributed by atoms with Crippen molar-refractivity contribution in [2.24, 2.45) is 0 Å². The van der Waals surface area contributed by atoms with E-state index in [4.69, 9.17) is 4.74 Å². The minimum absolute atomic E-state index is 0. The fraction of sp³-hybridized carbons (Fsp3) is 0.350. The predicted molar refractivity (Wildman–Crippen MR) is 109 cm³/mol. The van der Waals surface area contributed by atoms with E-state index in [9.17, 15) is 4.79 Å². The summed E-state index contributed by atoms with van der Waals surface area (Å²) in [6.07, 6.45) is 0. The van der Waals surface area contributed by atoms with E-state index in [2.05, 4.69) is 58.9 Å². The normalized spacial score (nSPS) is 10.1. The van der Waals surface area contributed by atoms with Crippen molar-refractivity contribution in [1.29, 1.82) is 0 Å². The Morgan fingerprint density at radius 1 is 1.04 bits per heavy atom. The summed E-state index contributed by atoms with van der Waals surface area (Å²) in [5, 5.41) is 5.94. The third-order valence-electron chi connectivity index (χ3n) is 3.89. The molecule has 0 saturated heterocycles. The first kappa shape index (κ1) is 22.0. The molecule has 5 nitrogen and oxygen atoms in total. The number of ether oxygens (including phenoxy) is 1. The van der Waals surface area contributed by atoms with Crippen molar-refractivity contribution in [3.05, 3.63) is 60.2 Å². The SMILES string of the molecule is CCN(c1ccccc1)c1ccc(CNC(=O)CNCCOC)cc1.Cl. The van der Waals surface area contributed by atoms with Gasteiger partial charge >= 0.3 is 0 Å². The molecule has 142 valence electrons. The topological polar surface area (TPSA) is 53.6 Å². The van der Waals surface area contributed by atoms with Gasteiger partial charge < -0.3 is 20.3 Å². The van der Waals surface area contributed by atoms with Gasteiger partial charge in [-0.3, -0.25) is 4.79 Å². The molecule has 2 rings (SSSR count). The first-order valence-corrected chi connectivity index (χ1v) is 8.62. The maximum atomic E-state index is 11.8. The first-order chi connectivity index (χ1) is 12.2. The van der Waals surface area contributed by atoms with E-state index in [0.717, 1.165) is 17.8 Å². The van der Waals surface area contributed by atoms with Crippen LogP contribution in [0.4, 0.5) is 11.4 Å². The zero-order chi connectivity index (χ0) is 17.9. The molecule has 0 aromatic heterocycles. The number of para-hydroxylation sites is 1. The average molecular weight is 378 g/mol. The van der Waals surface area contributed by atoms with Crippen LogP contribution >= 0.6 is 12.4 Å². The van der Waals surface area contributed by atoms with Gasteiger partial charge in [-0.05, 0) is 36.8 Å². The number of amides is 1. The second-order valence-electron chi connectivity index (χ2n) is 5.69. The van der Waals surface area contributed by atoms with Crippen molar-refractivity contribution in [3.63, 3.8) is 0 Å². The summed E-state index contributed by atoms with van der Waals surface area (Å²) in [5.74, 6) is -0.0142.